The van der Waals surface area contributed by atoms with Gasteiger partial charge in [-0.15, -0.1) is 0 Å². The molecular formula is C18H19FO2. The number of ether oxygens (including phenoxy) is 1. The van der Waals surface area contributed by atoms with Gasteiger partial charge in [0, 0.05) is 11.1 Å². The molecule has 0 radical (unpaired) electrons. The Morgan fingerprint density at radius 1 is 1.10 bits per heavy atom. The fraction of sp³-hybridized carbons (Fsp3) is 0.278. The van der Waals surface area contributed by atoms with Crippen LogP contribution in [0.1, 0.15) is 42.3 Å². The third kappa shape index (κ3) is 3.13. The molecule has 2 aromatic carbocycles. The van der Waals surface area contributed by atoms with Gasteiger partial charge in [0.25, 0.3) is 0 Å². The molecule has 21 heavy (non-hydrogen) atoms. The summed E-state index contributed by atoms with van der Waals surface area (Å²) in [5.74, 6) is -0.0931. The van der Waals surface area contributed by atoms with Crippen LogP contribution in [0, 0.1) is 5.82 Å². The van der Waals surface area contributed by atoms with Gasteiger partial charge in [0.1, 0.15) is 11.6 Å². The number of ketones is 1. The van der Waals surface area contributed by atoms with Gasteiger partial charge in [-0.1, -0.05) is 32.9 Å². The molecule has 0 fully saturated rings. The van der Waals surface area contributed by atoms with Crippen molar-refractivity contribution in [1.29, 1.82) is 0 Å². The molecule has 0 N–H and O–H groups in total. The van der Waals surface area contributed by atoms with Crippen molar-refractivity contribution < 1.29 is 13.9 Å². The van der Waals surface area contributed by atoms with Crippen LogP contribution in [-0.4, -0.2) is 12.9 Å². The van der Waals surface area contributed by atoms with E-state index in [0.29, 0.717) is 5.56 Å². The Morgan fingerprint density at radius 2 is 1.76 bits per heavy atom. The number of hydrogen-bond donors (Lipinski definition) is 0. The highest BCUT2D eigenvalue weighted by molar-refractivity contribution is 6.09. The van der Waals surface area contributed by atoms with Gasteiger partial charge in [-0.2, -0.15) is 0 Å². The van der Waals surface area contributed by atoms with Crippen molar-refractivity contribution in [2.75, 3.05) is 7.11 Å². The van der Waals surface area contributed by atoms with E-state index in [9.17, 15) is 9.18 Å². The quantitative estimate of drug-likeness (QED) is 0.783. The van der Waals surface area contributed by atoms with E-state index in [1.165, 1.54) is 12.1 Å². The van der Waals surface area contributed by atoms with E-state index < -0.39 is 5.82 Å². The molecule has 2 nitrogen and oxygen atoms in total. The van der Waals surface area contributed by atoms with Gasteiger partial charge in [0.2, 0.25) is 0 Å². The van der Waals surface area contributed by atoms with Crippen LogP contribution in [0.2, 0.25) is 0 Å². The summed E-state index contributed by atoms with van der Waals surface area (Å²) in [6.07, 6.45) is 0. The number of hydrogen-bond acceptors (Lipinski definition) is 2. The summed E-state index contributed by atoms with van der Waals surface area (Å²) in [5.41, 5.74) is 1.30. The highest BCUT2D eigenvalue weighted by Gasteiger charge is 2.22. The SMILES string of the molecule is COc1ccc(C(=O)c2ccccc2F)cc1C(C)(C)C. The van der Waals surface area contributed by atoms with E-state index >= 15 is 0 Å². The molecule has 0 bridgehead atoms. The molecule has 0 aliphatic heterocycles. The number of carbonyl (C=O) groups is 1. The van der Waals surface area contributed by atoms with Crippen molar-refractivity contribution in [3.05, 3.63) is 65.0 Å². The Balaban J connectivity index is 2.51. The second kappa shape index (κ2) is 5.68. The standard InChI is InChI=1S/C18H19FO2/c1-18(2,3)14-11-12(9-10-16(14)21-4)17(20)13-7-5-6-8-15(13)19/h5-11H,1-4H3. The van der Waals surface area contributed by atoms with E-state index in [2.05, 4.69) is 0 Å². The lowest BCUT2D eigenvalue weighted by atomic mass is 9.84. The lowest BCUT2D eigenvalue weighted by molar-refractivity contribution is 0.103. The first kappa shape index (κ1) is 15.2. The molecule has 0 aliphatic carbocycles. The first-order valence-electron chi connectivity index (χ1n) is 6.82. The molecule has 3 heteroatoms. The molecule has 0 saturated carbocycles. The minimum Gasteiger partial charge on any atom is -0.496 e. The smallest absolute Gasteiger partial charge is 0.195 e. The van der Waals surface area contributed by atoms with Crippen molar-refractivity contribution in [1.82, 2.24) is 0 Å². The van der Waals surface area contributed by atoms with Gasteiger partial charge >= 0.3 is 0 Å². The maximum absolute atomic E-state index is 13.8. The zero-order chi connectivity index (χ0) is 15.6. The van der Waals surface area contributed by atoms with Gasteiger partial charge in [-0.3, -0.25) is 4.79 Å². The van der Waals surface area contributed by atoms with Gasteiger partial charge in [0.15, 0.2) is 5.78 Å². The maximum Gasteiger partial charge on any atom is 0.195 e. The first-order valence-corrected chi connectivity index (χ1v) is 6.82. The number of methoxy groups -OCH3 is 1. The fourth-order valence-electron chi connectivity index (χ4n) is 2.24. The van der Waals surface area contributed by atoms with E-state index in [1.54, 1.807) is 37.4 Å². The molecule has 0 aliphatic rings. The summed E-state index contributed by atoms with van der Waals surface area (Å²) >= 11 is 0. The van der Waals surface area contributed by atoms with Gasteiger partial charge in [-0.25, -0.2) is 4.39 Å². The van der Waals surface area contributed by atoms with Crippen LogP contribution in [0.5, 0.6) is 5.75 Å². The molecule has 0 spiro atoms. The Labute approximate surface area is 124 Å². The molecule has 0 amide bonds. The zero-order valence-corrected chi connectivity index (χ0v) is 12.7. The molecule has 0 unspecified atom stereocenters. The van der Waals surface area contributed by atoms with E-state index in [4.69, 9.17) is 4.74 Å². The van der Waals surface area contributed by atoms with Gasteiger partial charge in [-0.05, 0) is 35.7 Å². The number of benzene rings is 2. The number of rotatable bonds is 3. The van der Waals surface area contributed by atoms with Crippen LogP contribution in [-0.2, 0) is 5.41 Å². The zero-order valence-electron chi connectivity index (χ0n) is 12.7. The van der Waals surface area contributed by atoms with Crippen LogP contribution >= 0.6 is 0 Å². The summed E-state index contributed by atoms with van der Waals surface area (Å²) in [6, 6.07) is 11.2. The lowest BCUT2D eigenvalue weighted by Crippen LogP contribution is -2.14. The molecule has 0 heterocycles. The summed E-state index contributed by atoms with van der Waals surface area (Å²) in [6.45, 7) is 6.13. The number of halogens is 1. The predicted octanol–water partition coefficient (Wildman–Crippen LogP) is 4.36. The summed E-state index contributed by atoms with van der Waals surface area (Å²) in [5, 5.41) is 0. The Morgan fingerprint density at radius 3 is 2.33 bits per heavy atom. The molecule has 2 rings (SSSR count). The third-order valence-corrected chi connectivity index (χ3v) is 3.39. The number of carbonyl (C=O) groups excluding carboxylic acids is 1. The molecule has 0 aromatic heterocycles. The summed E-state index contributed by atoms with van der Waals surface area (Å²) in [7, 11) is 1.60. The van der Waals surface area contributed by atoms with Crippen LogP contribution < -0.4 is 4.74 Å². The second-order valence-corrected chi connectivity index (χ2v) is 5.97. The monoisotopic (exact) mass is 286 g/mol. The highest BCUT2D eigenvalue weighted by Crippen LogP contribution is 2.32. The van der Waals surface area contributed by atoms with Crippen LogP contribution in [0.4, 0.5) is 4.39 Å². The first-order chi connectivity index (χ1) is 9.84. The molecule has 110 valence electrons. The van der Waals surface area contributed by atoms with Crippen LogP contribution in [0.15, 0.2) is 42.5 Å². The maximum atomic E-state index is 13.8. The Kier molecular flexibility index (Phi) is 4.12. The van der Waals surface area contributed by atoms with Crippen LogP contribution in [0.25, 0.3) is 0 Å². The van der Waals surface area contributed by atoms with Gasteiger partial charge < -0.3 is 4.74 Å². The lowest BCUT2D eigenvalue weighted by Gasteiger charge is -2.22. The average molecular weight is 286 g/mol. The minimum absolute atomic E-state index is 0.0857. The van der Waals surface area contributed by atoms with E-state index in [-0.39, 0.29) is 16.8 Å². The van der Waals surface area contributed by atoms with Crippen molar-refractivity contribution in [3.8, 4) is 5.75 Å². The van der Waals surface area contributed by atoms with Crippen LogP contribution in [0.3, 0.4) is 0 Å². The van der Waals surface area contributed by atoms with Crippen molar-refractivity contribution in [3.63, 3.8) is 0 Å². The Hall–Kier alpha value is -2.16. The fourth-order valence-corrected chi connectivity index (χ4v) is 2.24. The topological polar surface area (TPSA) is 26.3 Å². The minimum atomic E-state index is -0.504. The average Bonchev–Trinajstić information content (AvgIpc) is 2.45. The summed E-state index contributed by atoms with van der Waals surface area (Å²) in [4.78, 5) is 12.5. The molecular weight excluding hydrogens is 267 g/mol. The second-order valence-electron chi connectivity index (χ2n) is 5.97. The molecule has 2 aromatic rings. The van der Waals surface area contributed by atoms with Crippen molar-refractivity contribution >= 4 is 5.78 Å². The van der Waals surface area contributed by atoms with E-state index in [0.717, 1.165) is 11.3 Å². The molecule has 0 atom stereocenters. The predicted molar refractivity (Wildman–Crippen MR) is 81.5 cm³/mol. The summed E-state index contributed by atoms with van der Waals surface area (Å²) < 4.78 is 19.1. The Bertz CT molecular complexity index is 669. The van der Waals surface area contributed by atoms with E-state index in [1.807, 2.05) is 20.8 Å². The normalized spacial score (nSPS) is 11.3. The van der Waals surface area contributed by atoms with Crippen molar-refractivity contribution in [2.45, 2.75) is 26.2 Å². The third-order valence-electron chi connectivity index (χ3n) is 3.39. The van der Waals surface area contributed by atoms with Gasteiger partial charge in [0.05, 0.1) is 12.7 Å². The largest absolute Gasteiger partial charge is 0.496 e. The van der Waals surface area contributed by atoms with Crippen molar-refractivity contribution in [2.24, 2.45) is 0 Å². The highest BCUT2D eigenvalue weighted by atomic mass is 19.1. The molecule has 0 saturated heterocycles.